The fourth-order valence-corrected chi connectivity index (χ4v) is 3.93. The maximum atomic E-state index is 15.0. The van der Waals surface area contributed by atoms with Crippen molar-refractivity contribution in [1.82, 2.24) is 20.7 Å². The molecule has 1 aromatic heterocycles. The quantitative estimate of drug-likeness (QED) is 0.345. The number of halogens is 2. The van der Waals surface area contributed by atoms with Crippen molar-refractivity contribution in [3.8, 4) is 0 Å². The summed E-state index contributed by atoms with van der Waals surface area (Å²) in [7, 11) is 1.52. The molecule has 2 heterocycles. The third kappa shape index (κ3) is 4.52. The van der Waals surface area contributed by atoms with E-state index in [4.69, 9.17) is 23.1 Å². The van der Waals surface area contributed by atoms with Gasteiger partial charge >= 0.3 is 0 Å². The maximum absolute atomic E-state index is 15.0. The zero-order valence-corrected chi connectivity index (χ0v) is 19.5. The zero-order valence-electron chi connectivity index (χ0n) is 18.8. The van der Waals surface area contributed by atoms with Gasteiger partial charge in [-0.1, -0.05) is 23.7 Å². The number of amides is 3. The van der Waals surface area contributed by atoms with Crippen LogP contribution in [0.25, 0.3) is 0 Å². The summed E-state index contributed by atoms with van der Waals surface area (Å²) in [5, 5.41) is 7.42. The number of carbonyl (C=O) groups is 3. The van der Waals surface area contributed by atoms with Gasteiger partial charge in [0, 0.05) is 23.7 Å². The van der Waals surface area contributed by atoms with Crippen LogP contribution in [0.5, 0.6) is 0 Å². The van der Waals surface area contributed by atoms with E-state index >= 15 is 4.39 Å². The Morgan fingerprint density at radius 1 is 1.24 bits per heavy atom. The van der Waals surface area contributed by atoms with Crippen molar-refractivity contribution in [2.75, 3.05) is 12.4 Å². The number of nitrogens with two attached hydrogens (primary N) is 2. The van der Waals surface area contributed by atoms with Crippen LogP contribution >= 0.6 is 11.6 Å². The van der Waals surface area contributed by atoms with Crippen LogP contribution < -0.4 is 27.5 Å². The van der Waals surface area contributed by atoms with Gasteiger partial charge in [-0.3, -0.25) is 19.4 Å². The van der Waals surface area contributed by atoms with Gasteiger partial charge in [-0.25, -0.2) is 10.4 Å². The molecule has 1 unspecified atom stereocenters. The van der Waals surface area contributed by atoms with Crippen molar-refractivity contribution in [2.24, 2.45) is 11.5 Å². The summed E-state index contributed by atoms with van der Waals surface area (Å²) >= 11 is 5.86. The van der Waals surface area contributed by atoms with E-state index in [0.29, 0.717) is 10.6 Å². The van der Waals surface area contributed by atoms with E-state index in [9.17, 15) is 14.4 Å². The van der Waals surface area contributed by atoms with Crippen molar-refractivity contribution in [2.45, 2.75) is 31.8 Å². The number of hydrazine groups is 1. The van der Waals surface area contributed by atoms with Crippen LogP contribution in [-0.2, 0) is 26.3 Å². The zero-order chi connectivity index (χ0) is 25.2. The minimum Gasteiger partial charge on any atom is -0.373 e. The SMILES string of the molecule is CNC1=C(C(N)=O)C(C(N)=O)(c2cc(NC(=O)Cc3ccc(Cl)cc3)cnc2F)NN1C(C)C. The molecule has 1 aliphatic rings. The Labute approximate surface area is 200 Å². The highest BCUT2D eigenvalue weighted by molar-refractivity contribution is 6.30. The number of nitrogens with zero attached hydrogens (tertiary/aromatic N) is 2. The van der Waals surface area contributed by atoms with Crippen LogP contribution in [0.15, 0.2) is 47.9 Å². The van der Waals surface area contributed by atoms with Crippen molar-refractivity contribution >= 4 is 35.0 Å². The number of hydrogen-bond donors (Lipinski definition) is 5. The first-order chi connectivity index (χ1) is 16.0. The Morgan fingerprint density at radius 3 is 2.41 bits per heavy atom. The summed E-state index contributed by atoms with van der Waals surface area (Å²) in [6, 6.07) is 7.62. The first-order valence-corrected chi connectivity index (χ1v) is 10.7. The van der Waals surface area contributed by atoms with Gasteiger partial charge in [-0.15, -0.1) is 0 Å². The summed E-state index contributed by atoms with van der Waals surface area (Å²) in [4.78, 5) is 41.5. The maximum Gasteiger partial charge on any atom is 0.251 e. The van der Waals surface area contributed by atoms with E-state index in [1.54, 1.807) is 38.1 Å². The minimum absolute atomic E-state index is 0.0144. The number of nitrogens with one attached hydrogen (secondary N) is 3. The molecule has 7 N–H and O–H groups in total. The second-order valence-electron chi connectivity index (χ2n) is 7.94. The second-order valence-corrected chi connectivity index (χ2v) is 8.38. The molecule has 0 bridgehead atoms. The van der Waals surface area contributed by atoms with Crippen molar-refractivity contribution in [1.29, 1.82) is 0 Å². The molecule has 12 heteroatoms. The van der Waals surface area contributed by atoms with Crippen LogP contribution in [0, 0.1) is 5.95 Å². The Balaban J connectivity index is 2.04. The van der Waals surface area contributed by atoms with Crippen LogP contribution in [0.4, 0.5) is 10.1 Å². The largest absolute Gasteiger partial charge is 0.373 e. The Kier molecular flexibility index (Phi) is 7.08. The first-order valence-electron chi connectivity index (χ1n) is 10.3. The highest BCUT2D eigenvalue weighted by atomic mass is 35.5. The van der Waals surface area contributed by atoms with E-state index in [1.165, 1.54) is 18.1 Å². The van der Waals surface area contributed by atoms with Crippen LogP contribution in [0.3, 0.4) is 0 Å². The van der Waals surface area contributed by atoms with Crippen molar-refractivity contribution in [3.63, 3.8) is 0 Å². The number of carbonyl (C=O) groups excluding carboxylic acids is 3. The normalized spacial score (nSPS) is 17.8. The molecule has 1 aromatic carbocycles. The number of anilines is 1. The van der Waals surface area contributed by atoms with Crippen LogP contribution in [0.2, 0.25) is 5.02 Å². The van der Waals surface area contributed by atoms with Gasteiger partial charge in [0.1, 0.15) is 5.82 Å². The topological polar surface area (TPSA) is 155 Å². The third-order valence-corrected chi connectivity index (χ3v) is 5.57. The van der Waals surface area contributed by atoms with Gasteiger partial charge in [0.25, 0.3) is 5.91 Å². The van der Waals surface area contributed by atoms with E-state index in [2.05, 4.69) is 21.0 Å². The van der Waals surface area contributed by atoms with Gasteiger partial charge in [0.15, 0.2) is 5.54 Å². The summed E-state index contributed by atoms with van der Waals surface area (Å²) in [5.74, 6) is -3.39. The fourth-order valence-electron chi connectivity index (χ4n) is 3.80. The lowest BCUT2D eigenvalue weighted by molar-refractivity contribution is -0.127. The fraction of sp³-hybridized carbons (Fsp3) is 0.273. The number of primary amides is 2. The standard InChI is InChI=1S/C22H25ClFN7O3/c1-11(2)31-20(27-3)17(19(25)33)22(30-31,21(26)34)15-9-14(10-28-18(15)24)29-16(32)8-12-4-6-13(23)7-5-12/h4-7,9-11,27,30H,8H2,1-3H3,(H2,25,33)(H2,26,34)(H,29,32). The van der Waals surface area contributed by atoms with E-state index < -0.39 is 29.2 Å². The van der Waals surface area contributed by atoms with Gasteiger partial charge in [-0.05, 0) is 37.6 Å². The second kappa shape index (κ2) is 9.65. The molecule has 0 saturated heterocycles. The molecule has 3 rings (SSSR count). The predicted octanol–water partition coefficient (Wildman–Crippen LogP) is 0.881. The molecule has 1 aliphatic heterocycles. The molecule has 0 fully saturated rings. The van der Waals surface area contributed by atoms with Gasteiger partial charge in [0.2, 0.25) is 17.8 Å². The third-order valence-electron chi connectivity index (χ3n) is 5.31. The molecule has 34 heavy (non-hydrogen) atoms. The van der Waals surface area contributed by atoms with Crippen LogP contribution in [-0.4, -0.2) is 40.8 Å². The average Bonchev–Trinajstić information content (AvgIpc) is 3.13. The number of pyridine rings is 1. The molecule has 0 saturated carbocycles. The molecular formula is C22H25ClFN7O3. The molecule has 3 amide bonds. The molecule has 10 nitrogen and oxygen atoms in total. The highest BCUT2D eigenvalue weighted by Crippen LogP contribution is 2.39. The van der Waals surface area contributed by atoms with Crippen LogP contribution in [0.1, 0.15) is 25.0 Å². The summed E-state index contributed by atoms with van der Waals surface area (Å²) in [5.41, 5.74) is 12.1. The Hall–Kier alpha value is -3.70. The highest BCUT2D eigenvalue weighted by Gasteiger charge is 2.55. The molecule has 0 spiro atoms. The smallest absolute Gasteiger partial charge is 0.251 e. The lowest BCUT2D eigenvalue weighted by atomic mass is 9.83. The molecule has 0 radical (unpaired) electrons. The molecule has 0 aliphatic carbocycles. The van der Waals surface area contributed by atoms with E-state index in [-0.39, 0.29) is 35.1 Å². The van der Waals surface area contributed by atoms with E-state index in [1.807, 2.05) is 0 Å². The Morgan fingerprint density at radius 2 is 1.88 bits per heavy atom. The summed E-state index contributed by atoms with van der Waals surface area (Å²) in [6.07, 6.45) is 1.11. The molecule has 180 valence electrons. The van der Waals surface area contributed by atoms with Crippen molar-refractivity contribution in [3.05, 3.63) is 70.0 Å². The van der Waals surface area contributed by atoms with Gasteiger partial charge in [-0.2, -0.15) is 4.39 Å². The molecule has 1 atom stereocenters. The lowest BCUT2D eigenvalue weighted by Gasteiger charge is -2.32. The first kappa shape index (κ1) is 24.9. The molecule has 2 aromatic rings. The number of hydrogen-bond acceptors (Lipinski definition) is 7. The van der Waals surface area contributed by atoms with E-state index in [0.717, 1.165) is 6.20 Å². The summed E-state index contributed by atoms with van der Waals surface area (Å²) < 4.78 is 15.0. The van der Waals surface area contributed by atoms with Crippen molar-refractivity contribution < 1.29 is 18.8 Å². The van der Waals surface area contributed by atoms with Gasteiger partial charge < -0.3 is 22.1 Å². The number of aromatic nitrogens is 1. The molecular weight excluding hydrogens is 465 g/mol. The lowest BCUT2D eigenvalue weighted by Crippen LogP contribution is -2.57. The van der Waals surface area contributed by atoms with Gasteiger partial charge in [0.05, 0.1) is 23.9 Å². The average molecular weight is 490 g/mol. The number of benzene rings is 1. The number of rotatable bonds is 8. The minimum atomic E-state index is -2.16. The monoisotopic (exact) mass is 489 g/mol. The summed E-state index contributed by atoms with van der Waals surface area (Å²) in [6.45, 7) is 3.56. The predicted molar refractivity (Wildman–Crippen MR) is 124 cm³/mol. The Bertz CT molecular complexity index is 1170.